The highest BCUT2D eigenvalue weighted by atomic mass is 35.5. The molecule has 6 nitrogen and oxygen atoms in total. The zero-order chi connectivity index (χ0) is 18.7. The second-order valence-electron chi connectivity index (χ2n) is 6.28. The summed E-state index contributed by atoms with van der Waals surface area (Å²) in [6.45, 7) is 3.15. The predicted molar refractivity (Wildman–Crippen MR) is 98.6 cm³/mol. The van der Waals surface area contributed by atoms with Gasteiger partial charge in [0.05, 0.1) is 11.2 Å². The third-order valence-electron chi connectivity index (χ3n) is 4.54. The second kappa shape index (κ2) is 7.82. The molecular formula is C18H21ClN2O4S. The smallest absolute Gasteiger partial charge is 0.243 e. The van der Waals surface area contributed by atoms with Gasteiger partial charge in [-0.15, -0.1) is 0 Å². The minimum Gasteiger partial charge on any atom is -0.469 e. The Labute approximate surface area is 158 Å². The first-order chi connectivity index (χ1) is 12.4. The van der Waals surface area contributed by atoms with Crippen LogP contribution in [0, 0.1) is 6.92 Å². The van der Waals surface area contributed by atoms with Crippen LogP contribution in [0.2, 0.25) is 5.02 Å². The summed E-state index contributed by atoms with van der Waals surface area (Å²) in [5.74, 6) is 0.785. The highest BCUT2D eigenvalue weighted by Gasteiger charge is 2.30. The van der Waals surface area contributed by atoms with E-state index < -0.39 is 10.0 Å². The summed E-state index contributed by atoms with van der Waals surface area (Å²) in [5.41, 5.74) is 0.831. The van der Waals surface area contributed by atoms with E-state index in [4.69, 9.17) is 16.0 Å². The molecule has 8 heteroatoms. The number of carbonyl (C=O) groups is 1. The quantitative estimate of drug-likeness (QED) is 0.779. The van der Waals surface area contributed by atoms with Gasteiger partial charge in [0.2, 0.25) is 15.9 Å². The van der Waals surface area contributed by atoms with E-state index in [9.17, 15) is 13.2 Å². The molecule has 0 unspecified atom stereocenters. The molecule has 0 saturated carbocycles. The summed E-state index contributed by atoms with van der Waals surface area (Å²) in [6.07, 6.45) is 2.49. The van der Waals surface area contributed by atoms with Crippen molar-refractivity contribution in [1.29, 1.82) is 0 Å². The van der Waals surface area contributed by atoms with Crippen molar-refractivity contribution in [1.82, 2.24) is 9.21 Å². The summed E-state index contributed by atoms with van der Waals surface area (Å²) in [5, 5.41) is 0.429. The van der Waals surface area contributed by atoms with Gasteiger partial charge < -0.3 is 9.32 Å². The van der Waals surface area contributed by atoms with Crippen molar-refractivity contribution in [3.8, 4) is 0 Å². The zero-order valence-electron chi connectivity index (χ0n) is 14.5. The Hall–Kier alpha value is -1.83. The SMILES string of the molecule is Cc1ccc(S(=O)(=O)N2CCN(C(=O)CCc3ccco3)CC2)cc1Cl. The maximum atomic E-state index is 12.8. The molecule has 1 amide bonds. The Morgan fingerprint density at radius 3 is 2.54 bits per heavy atom. The fraction of sp³-hybridized carbons (Fsp3) is 0.389. The summed E-state index contributed by atoms with van der Waals surface area (Å²) < 4.78 is 32.2. The molecular weight excluding hydrogens is 376 g/mol. The van der Waals surface area contributed by atoms with E-state index in [0.717, 1.165) is 11.3 Å². The Morgan fingerprint density at radius 1 is 1.19 bits per heavy atom. The number of carbonyl (C=O) groups excluding carboxylic acids is 1. The van der Waals surface area contributed by atoms with Gasteiger partial charge in [-0.1, -0.05) is 17.7 Å². The Kier molecular flexibility index (Phi) is 5.70. The largest absolute Gasteiger partial charge is 0.469 e. The first-order valence-corrected chi connectivity index (χ1v) is 10.3. The van der Waals surface area contributed by atoms with Gasteiger partial charge in [0.15, 0.2) is 0 Å². The number of sulfonamides is 1. The fourth-order valence-corrected chi connectivity index (χ4v) is 4.60. The molecule has 1 aromatic heterocycles. The molecule has 1 saturated heterocycles. The van der Waals surface area contributed by atoms with Gasteiger partial charge in [0.1, 0.15) is 5.76 Å². The molecule has 1 aromatic carbocycles. The lowest BCUT2D eigenvalue weighted by Crippen LogP contribution is -2.50. The Morgan fingerprint density at radius 2 is 1.92 bits per heavy atom. The summed E-state index contributed by atoms with van der Waals surface area (Å²) >= 11 is 6.06. The molecule has 0 N–H and O–H groups in total. The van der Waals surface area contributed by atoms with Gasteiger partial charge in [-0.25, -0.2) is 8.42 Å². The van der Waals surface area contributed by atoms with Crippen LogP contribution in [0.25, 0.3) is 0 Å². The number of hydrogen-bond acceptors (Lipinski definition) is 4. The first-order valence-electron chi connectivity index (χ1n) is 8.44. The molecule has 1 aliphatic heterocycles. The van der Waals surface area contributed by atoms with E-state index in [1.54, 1.807) is 29.4 Å². The van der Waals surface area contributed by atoms with Crippen molar-refractivity contribution in [3.63, 3.8) is 0 Å². The molecule has 0 radical (unpaired) electrons. The molecule has 140 valence electrons. The molecule has 2 aromatic rings. The van der Waals surface area contributed by atoms with E-state index in [0.29, 0.717) is 31.0 Å². The number of hydrogen-bond donors (Lipinski definition) is 0. The minimum atomic E-state index is -3.60. The van der Waals surface area contributed by atoms with Crippen molar-refractivity contribution in [2.75, 3.05) is 26.2 Å². The molecule has 0 spiro atoms. The number of nitrogens with zero attached hydrogens (tertiary/aromatic N) is 2. The predicted octanol–water partition coefficient (Wildman–Crippen LogP) is 2.71. The van der Waals surface area contributed by atoms with Gasteiger partial charge in [-0.3, -0.25) is 4.79 Å². The van der Waals surface area contributed by atoms with Gasteiger partial charge in [-0.2, -0.15) is 4.31 Å². The van der Waals surface area contributed by atoms with Crippen molar-refractivity contribution in [2.45, 2.75) is 24.7 Å². The Balaban J connectivity index is 1.58. The Bertz CT molecular complexity index is 873. The lowest BCUT2D eigenvalue weighted by atomic mass is 10.2. The van der Waals surface area contributed by atoms with Gasteiger partial charge in [0, 0.05) is 44.0 Å². The summed E-state index contributed by atoms with van der Waals surface area (Å²) in [6, 6.07) is 8.37. The molecule has 2 heterocycles. The molecule has 1 fully saturated rings. The zero-order valence-corrected chi connectivity index (χ0v) is 16.1. The van der Waals surface area contributed by atoms with Crippen LogP contribution in [0.4, 0.5) is 0 Å². The van der Waals surface area contributed by atoms with E-state index in [2.05, 4.69) is 0 Å². The molecule has 26 heavy (non-hydrogen) atoms. The highest BCUT2D eigenvalue weighted by Crippen LogP contribution is 2.23. The van der Waals surface area contributed by atoms with Gasteiger partial charge in [-0.05, 0) is 36.8 Å². The van der Waals surface area contributed by atoms with Crippen LogP contribution in [-0.2, 0) is 21.2 Å². The van der Waals surface area contributed by atoms with Crippen LogP contribution >= 0.6 is 11.6 Å². The number of piperazine rings is 1. The standard InChI is InChI=1S/C18H21ClN2O4S/c1-14-4-6-16(13-17(14)19)26(23,24)21-10-8-20(9-11-21)18(22)7-5-15-3-2-12-25-15/h2-4,6,12-13H,5,7-11H2,1H3. The van der Waals surface area contributed by atoms with Crippen molar-refractivity contribution >= 4 is 27.5 Å². The maximum absolute atomic E-state index is 12.8. The molecule has 0 bridgehead atoms. The number of benzene rings is 1. The van der Waals surface area contributed by atoms with Crippen LogP contribution in [-0.4, -0.2) is 49.7 Å². The maximum Gasteiger partial charge on any atom is 0.243 e. The third-order valence-corrected chi connectivity index (χ3v) is 6.84. The number of furan rings is 1. The average Bonchev–Trinajstić information content (AvgIpc) is 3.15. The molecule has 3 rings (SSSR count). The average molecular weight is 397 g/mol. The summed E-state index contributed by atoms with van der Waals surface area (Å²) in [4.78, 5) is 14.2. The summed E-state index contributed by atoms with van der Waals surface area (Å²) in [7, 11) is -3.60. The number of halogens is 1. The van der Waals surface area contributed by atoms with Gasteiger partial charge >= 0.3 is 0 Å². The van der Waals surface area contributed by atoms with Crippen LogP contribution in [0.15, 0.2) is 45.9 Å². The molecule has 0 aliphatic carbocycles. The lowest BCUT2D eigenvalue weighted by Gasteiger charge is -2.34. The van der Waals surface area contributed by atoms with Crippen LogP contribution in [0.3, 0.4) is 0 Å². The third kappa shape index (κ3) is 4.11. The normalized spacial score (nSPS) is 16.0. The fourth-order valence-electron chi connectivity index (χ4n) is 2.90. The van der Waals surface area contributed by atoms with E-state index in [1.165, 1.54) is 10.4 Å². The van der Waals surface area contributed by atoms with Crippen LogP contribution < -0.4 is 0 Å². The van der Waals surface area contributed by atoms with Gasteiger partial charge in [0.25, 0.3) is 0 Å². The number of rotatable bonds is 5. The number of aryl methyl sites for hydroxylation is 2. The van der Waals surface area contributed by atoms with E-state index in [1.807, 2.05) is 13.0 Å². The van der Waals surface area contributed by atoms with Crippen LogP contribution in [0.5, 0.6) is 0 Å². The van der Waals surface area contributed by atoms with E-state index in [-0.39, 0.29) is 23.9 Å². The van der Waals surface area contributed by atoms with Crippen molar-refractivity contribution in [2.24, 2.45) is 0 Å². The van der Waals surface area contributed by atoms with E-state index >= 15 is 0 Å². The van der Waals surface area contributed by atoms with Crippen molar-refractivity contribution < 1.29 is 17.6 Å². The highest BCUT2D eigenvalue weighted by molar-refractivity contribution is 7.89. The topological polar surface area (TPSA) is 70.8 Å². The van der Waals surface area contributed by atoms with Crippen molar-refractivity contribution in [3.05, 3.63) is 52.9 Å². The molecule has 0 atom stereocenters. The van der Waals surface area contributed by atoms with Crippen LogP contribution in [0.1, 0.15) is 17.7 Å². The monoisotopic (exact) mass is 396 g/mol. The lowest BCUT2D eigenvalue weighted by molar-refractivity contribution is -0.132. The number of amides is 1. The first kappa shape index (κ1) is 18.9. The second-order valence-corrected chi connectivity index (χ2v) is 8.62. The molecule has 1 aliphatic rings. The minimum absolute atomic E-state index is 0.0110.